The third kappa shape index (κ3) is 5.94. The van der Waals surface area contributed by atoms with Gasteiger partial charge in [-0.25, -0.2) is 0 Å². The maximum Gasteiger partial charge on any atom is 0.252 e. The molecule has 0 saturated heterocycles. The SMILES string of the molecule is CCOC(C)(C)CNC(=O)c1ccncc1C#CCCO. The van der Waals surface area contributed by atoms with Gasteiger partial charge in [0, 0.05) is 32.0 Å². The normalized spacial score (nSPS) is 10.7. The second-order valence-electron chi connectivity index (χ2n) is 5.07. The van der Waals surface area contributed by atoms with Crippen molar-refractivity contribution in [3.05, 3.63) is 29.6 Å². The van der Waals surface area contributed by atoms with Crippen LogP contribution in [0.5, 0.6) is 0 Å². The number of hydrogen-bond acceptors (Lipinski definition) is 4. The fraction of sp³-hybridized carbons (Fsp3) is 0.500. The number of rotatable bonds is 6. The van der Waals surface area contributed by atoms with Crippen molar-refractivity contribution in [2.24, 2.45) is 0 Å². The van der Waals surface area contributed by atoms with Crippen LogP contribution in [0.2, 0.25) is 0 Å². The third-order valence-corrected chi connectivity index (χ3v) is 2.74. The van der Waals surface area contributed by atoms with Gasteiger partial charge in [-0.3, -0.25) is 9.78 Å². The van der Waals surface area contributed by atoms with E-state index in [4.69, 9.17) is 9.84 Å². The first-order valence-electron chi connectivity index (χ1n) is 6.96. The molecule has 1 aromatic rings. The summed E-state index contributed by atoms with van der Waals surface area (Å²) in [4.78, 5) is 16.2. The molecule has 0 aromatic carbocycles. The largest absolute Gasteiger partial charge is 0.395 e. The zero-order valence-electron chi connectivity index (χ0n) is 12.8. The molecule has 5 nitrogen and oxygen atoms in total. The molecular weight excluding hydrogens is 268 g/mol. The van der Waals surface area contributed by atoms with Crippen LogP contribution in [0.1, 0.15) is 43.1 Å². The summed E-state index contributed by atoms with van der Waals surface area (Å²) < 4.78 is 5.54. The van der Waals surface area contributed by atoms with E-state index in [1.165, 1.54) is 0 Å². The van der Waals surface area contributed by atoms with Crippen LogP contribution < -0.4 is 5.32 Å². The first kappa shape index (κ1) is 17.2. The van der Waals surface area contributed by atoms with Gasteiger partial charge in [-0.2, -0.15) is 0 Å². The number of ether oxygens (including phenoxy) is 1. The first-order chi connectivity index (χ1) is 10.00. The molecule has 0 bridgehead atoms. The Balaban J connectivity index is 2.77. The van der Waals surface area contributed by atoms with Crippen LogP contribution in [-0.4, -0.2) is 41.4 Å². The minimum atomic E-state index is -0.416. The van der Waals surface area contributed by atoms with Gasteiger partial charge in [-0.05, 0) is 26.8 Å². The Kier molecular flexibility index (Phi) is 6.86. The second kappa shape index (κ2) is 8.40. The second-order valence-corrected chi connectivity index (χ2v) is 5.07. The van der Waals surface area contributed by atoms with E-state index in [9.17, 15) is 4.79 Å². The predicted octanol–water partition coefficient (Wildman–Crippen LogP) is 1.36. The number of carbonyl (C=O) groups is 1. The zero-order chi connectivity index (χ0) is 15.7. The van der Waals surface area contributed by atoms with Crippen molar-refractivity contribution in [2.45, 2.75) is 32.8 Å². The lowest BCUT2D eigenvalue weighted by molar-refractivity contribution is -0.00815. The molecule has 0 aliphatic carbocycles. The smallest absolute Gasteiger partial charge is 0.252 e. The number of carbonyl (C=O) groups excluding carboxylic acids is 1. The molecule has 0 spiro atoms. The molecule has 0 unspecified atom stereocenters. The molecule has 114 valence electrons. The van der Waals surface area contributed by atoms with Crippen molar-refractivity contribution in [2.75, 3.05) is 19.8 Å². The lowest BCUT2D eigenvalue weighted by Crippen LogP contribution is -2.40. The summed E-state index contributed by atoms with van der Waals surface area (Å²) in [5.74, 6) is 5.44. The highest BCUT2D eigenvalue weighted by Gasteiger charge is 2.19. The molecule has 0 atom stereocenters. The number of aromatic nitrogens is 1. The van der Waals surface area contributed by atoms with Crippen LogP contribution in [-0.2, 0) is 4.74 Å². The van der Waals surface area contributed by atoms with Gasteiger partial charge >= 0.3 is 0 Å². The van der Waals surface area contributed by atoms with Crippen molar-refractivity contribution in [1.29, 1.82) is 0 Å². The van der Waals surface area contributed by atoms with Gasteiger partial charge in [0.1, 0.15) is 0 Å². The molecule has 1 aromatic heterocycles. The molecule has 0 saturated carbocycles. The number of aliphatic hydroxyl groups excluding tert-OH is 1. The van der Waals surface area contributed by atoms with E-state index in [-0.39, 0.29) is 12.5 Å². The van der Waals surface area contributed by atoms with Gasteiger partial charge in [0.25, 0.3) is 5.91 Å². The van der Waals surface area contributed by atoms with Gasteiger partial charge in [-0.1, -0.05) is 11.8 Å². The maximum atomic E-state index is 12.2. The molecule has 2 N–H and O–H groups in total. The fourth-order valence-corrected chi connectivity index (χ4v) is 1.74. The van der Waals surface area contributed by atoms with Gasteiger partial charge in [0.15, 0.2) is 0 Å². The molecule has 1 heterocycles. The van der Waals surface area contributed by atoms with Crippen molar-refractivity contribution >= 4 is 5.91 Å². The quantitative estimate of drug-likeness (QED) is 0.776. The van der Waals surface area contributed by atoms with Crippen molar-refractivity contribution in [3.63, 3.8) is 0 Å². The number of aliphatic hydroxyl groups is 1. The summed E-state index contributed by atoms with van der Waals surface area (Å²) in [7, 11) is 0. The predicted molar refractivity (Wildman–Crippen MR) is 80.9 cm³/mol. The molecule has 21 heavy (non-hydrogen) atoms. The van der Waals surface area contributed by atoms with E-state index in [2.05, 4.69) is 22.1 Å². The Bertz CT molecular complexity index is 530. The molecule has 1 amide bonds. The van der Waals surface area contributed by atoms with Crippen LogP contribution in [0.25, 0.3) is 0 Å². The molecule has 0 aliphatic heterocycles. The highest BCUT2D eigenvalue weighted by Crippen LogP contribution is 2.09. The van der Waals surface area contributed by atoms with Crippen LogP contribution in [0, 0.1) is 11.8 Å². The Hall–Kier alpha value is -1.90. The van der Waals surface area contributed by atoms with Crippen LogP contribution in [0.15, 0.2) is 18.5 Å². The van der Waals surface area contributed by atoms with Crippen LogP contribution in [0.3, 0.4) is 0 Å². The number of pyridine rings is 1. The molecule has 0 radical (unpaired) electrons. The summed E-state index contributed by atoms with van der Waals surface area (Å²) in [6, 6.07) is 1.63. The van der Waals surface area contributed by atoms with E-state index in [0.717, 1.165) is 0 Å². The average Bonchev–Trinajstić information content (AvgIpc) is 2.46. The summed E-state index contributed by atoms with van der Waals surface area (Å²) in [5, 5.41) is 11.6. The van der Waals surface area contributed by atoms with Gasteiger partial charge in [0.2, 0.25) is 0 Å². The third-order valence-electron chi connectivity index (χ3n) is 2.74. The monoisotopic (exact) mass is 290 g/mol. The Morgan fingerprint density at radius 3 is 2.95 bits per heavy atom. The van der Waals surface area contributed by atoms with E-state index in [0.29, 0.717) is 30.7 Å². The standard InChI is InChI=1S/C16H22N2O3/c1-4-21-16(2,3)12-18-15(20)14-8-9-17-11-13(14)7-5-6-10-19/h8-9,11,19H,4,6,10,12H2,1-3H3,(H,18,20). The average molecular weight is 290 g/mol. The van der Waals surface area contributed by atoms with Crippen molar-refractivity contribution < 1.29 is 14.6 Å². The minimum Gasteiger partial charge on any atom is -0.395 e. The Morgan fingerprint density at radius 1 is 1.52 bits per heavy atom. The van der Waals surface area contributed by atoms with E-state index >= 15 is 0 Å². The Labute approximate surface area is 125 Å². The van der Waals surface area contributed by atoms with Crippen LogP contribution >= 0.6 is 0 Å². The molecular formula is C16H22N2O3. The van der Waals surface area contributed by atoms with E-state index < -0.39 is 5.60 Å². The number of hydrogen-bond donors (Lipinski definition) is 2. The topological polar surface area (TPSA) is 71.5 Å². The van der Waals surface area contributed by atoms with E-state index in [1.807, 2.05) is 20.8 Å². The van der Waals surface area contributed by atoms with Gasteiger partial charge in [-0.15, -0.1) is 0 Å². The number of nitrogens with zero attached hydrogens (tertiary/aromatic N) is 1. The lowest BCUT2D eigenvalue weighted by atomic mass is 10.1. The van der Waals surface area contributed by atoms with Gasteiger partial charge < -0.3 is 15.2 Å². The molecule has 5 heteroatoms. The fourth-order valence-electron chi connectivity index (χ4n) is 1.74. The summed E-state index contributed by atoms with van der Waals surface area (Å²) in [6.07, 6.45) is 3.47. The summed E-state index contributed by atoms with van der Waals surface area (Å²) in [6.45, 7) is 6.76. The van der Waals surface area contributed by atoms with Gasteiger partial charge in [0.05, 0.1) is 23.3 Å². The maximum absolute atomic E-state index is 12.2. The van der Waals surface area contributed by atoms with E-state index in [1.54, 1.807) is 18.5 Å². The first-order valence-corrected chi connectivity index (χ1v) is 6.96. The van der Waals surface area contributed by atoms with Crippen molar-refractivity contribution in [3.8, 4) is 11.8 Å². The number of amides is 1. The zero-order valence-corrected chi connectivity index (χ0v) is 12.8. The summed E-state index contributed by atoms with van der Waals surface area (Å²) >= 11 is 0. The van der Waals surface area contributed by atoms with Crippen LogP contribution in [0.4, 0.5) is 0 Å². The summed E-state index contributed by atoms with van der Waals surface area (Å²) in [5.41, 5.74) is 0.612. The number of nitrogens with one attached hydrogen (secondary N) is 1. The highest BCUT2D eigenvalue weighted by molar-refractivity contribution is 5.96. The highest BCUT2D eigenvalue weighted by atomic mass is 16.5. The Morgan fingerprint density at radius 2 is 2.29 bits per heavy atom. The minimum absolute atomic E-state index is 0.00264. The molecule has 1 rings (SSSR count). The molecule has 0 fully saturated rings. The van der Waals surface area contributed by atoms with Crippen molar-refractivity contribution in [1.82, 2.24) is 10.3 Å². The molecule has 0 aliphatic rings. The lowest BCUT2D eigenvalue weighted by Gasteiger charge is -2.24.